The van der Waals surface area contributed by atoms with Crippen LogP contribution in [0.5, 0.6) is 0 Å². The molecule has 0 aromatic heterocycles. The summed E-state index contributed by atoms with van der Waals surface area (Å²) in [5.41, 5.74) is 3.47. The SMILES string of the molecule is CC(C)CC(NC(=O)[C@@H](Cc1ccccc1)NC(=O)CNC1Cc2ccccc2C1)C(=O)O. The van der Waals surface area contributed by atoms with Gasteiger partial charge in [0.25, 0.3) is 0 Å². The molecule has 0 spiro atoms. The molecule has 7 heteroatoms. The van der Waals surface area contributed by atoms with Gasteiger partial charge in [-0.3, -0.25) is 9.59 Å². The predicted molar refractivity (Wildman–Crippen MR) is 127 cm³/mol. The summed E-state index contributed by atoms with van der Waals surface area (Å²) in [6.45, 7) is 3.89. The number of carboxylic acids is 1. The number of carbonyl (C=O) groups excluding carboxylic acids is 2. The molecule has 1 unspecified atom stereocenters. The lowest BCUT2D eigenvalue weighted by Gasteiger charge is -2.23. The average molecular weight is 452 g/mol. The topological polar surface area (TPSA) is 108 Å². The van der Waals surface area contributed by atoms with Gasteiger partial charge >= 0.3 is 5.97 Å². The average Bonchev–Trinajstić information content (AvgIpc) is 3.20. The summed E-state index contributed by atoms with van der Waals surface area (Å²) in [5, 5.41) is 18.2. The van der Waals surface area contributed by atoms with Crippen LogP contribution < -0.4 is 16.0 Å². The molecule has 0 heterocycles. The van der Waals surface area contributed by atoms with Gasteiger partial charge in [-0.05, 0) is 41.9 Å². The van der Waals surface area contributed by atoms with E-state index in [1.165, 1.54) is 11.1 Å². The minimum absolute atomic E-state index is 0.0889. The molecule has 2 amide bonds. The summed E-state index contributed by atoms with van der Waals surface area (Å²) in [7, 11) is 0. The highest BCUT2D eigenvalue weighted by atomic mass is 16.4. The molecule has 2 atom stereocenters. The molecule has 33 heavy (non-hydrogen) atoms. The number of carbonyl (C=O) groups is 3. The van der Waals surface area contributed by atoms with Crippen LogP contribution >= 0.6 is 0 Å². The lowest BCUT2D eigenvalue weighted by molar-refractivity contribution is -0.142. The zero-order valence-electron chi connectivity index (χ0n) is 19.2. The van der Waals surface area contributed by atoms with Crippen LogP contribution in [0.4, 0.5) is 0 Å². The molecule has 4 N–H and O–H groups in total. The summed E-state index contributed by atoms with van der Waals surface area (Å²) in [4.78, 5) is 37.3. The number of rotatable bonds is 11. The van der Waals surface area contributed by atoms with E-state index in [2.05, 4.69) is 28.1 Å². The molecule has 176 valence electrons. The second-order valence-electron chi connectivity index (χ2n) is 9.09. The van der Waals surface area contributed by atoms with Gasteiger partial charge < -0.3 is 21.1 Å². The minimum Gasteiger partial charge on any atom is -0.480 e. The summed E-state index contributed by atoms with van der Waals surface area (Å²) >= 11 is 0. The van der Waals surface area contributed by atoms with Crippen LogP contribution in [0, 0.1) is 5.92 Å². The maximum atomic E-state index is 13.0. The first kappa shape index (κ1) is 24.5. The standard InChI is InChI=1S/C26H33N3O4/c1-17(2)12-23(26(32)33)29-25(31)22(13-18-8-4-3-5-9-18)28-24(30)16-27-21-14-19-10-6-7-11-20(19)15-21/h3-11,17,21-23,27H,12-16H2,1-2H3,(H,28,30)(H,29,31)(H,32,33)/t22-,23?/m1/s1. The van der Waals surface area contributed by atoms with Crippen molar-refractivity contribution in [2.24, 2.45) is 5.92 Å². The van der Waals surface area contributed by atoms with Crippen molar-refractivity contribution in [2.75, 3.05) is 6.54 Å². The third-order valence-corrected chi connectivity index (χ3v) is 5.86. The Hall–Kier alpha value is -3.19. The van der Waals surface area contributed by atoms with Crippen LogP contribution in [-0.2, 0) is 33.6 Å². The summed E-state index contributed by atoms with van der Waals surface area (Å²) < 4.78 is 0. The van der Waals surface area contributed by atoms with Gasteiger partial charge in [-0.1, -0.05) is 68.4 Å². The Labute approximate surface area is 195 Å². The lowest BCUT2D eigenvalue weighted by atomic mass is 10.0. The molecular weight excluding hydrogens is 418 g/mol. The molecule has 0 aliphatic heterocycles. The Balaban J connectivity index is 1.60. The first-order valence-electron chi connectivity index (χ1n) is 11.5. The van der Waals surface area contributed by atoms with Gasteiger partial charge in [0.05, 0.1) is 6.54 Å². The fraction of sp³-hybridized carbons (Fsp3) is 0.423. The van der Waals surface area contributed by atoms with Crippen molar-refractivity contribution in [1.82, 2.24) is 16.0 Å². The molecular formula is C26H33N3O4. The number of amides is 2. The molecule has 1 aliphatic carbocycles. The van der Waals surface area contributed by atoms with E-state index in [0.717, 1.165) is 18.4 Å². The smallest absolute Gasteiger partial charge is 0.326 e. The van der Waals surface area contributed by atoms with Gasteiger partial charge in [-0.15, -0.1) is 0 Å². The van der Waals surface area contributed by atoms with Gasteiger partial charge in [0.2, 0.25) is 11.8 Å². The largest absolute Gasteiger partial charge is 0.480 e. The second kappa shape index (κ2) is 11.6. The lowest BCUT2D eigenvalue weighted by Crippen LogP contribution is -2.54. The molecule has 0 radical (unpaired) electrons. The van der Waals surface area contributed by atoms with E-state index in [9.17, 15) is 19.5 Å². The molecule has 1 aliphatic rings. The van der Waals surface area contributed by atoms with Crippen LogP contribution in [0.15, 0.2) is 54.6 Å². The molecule has 2 aromatic carbocycles. The van der Waals surface area contributed by atoms with Crippen molar-refractivity contribution in [2.45, 2.75) is 57.7 Å². The minimum atomic E-state index is -1.08. The molecule has 0 fully saturated rings. The van der Waals surface area contributed by atoms with Gasteiger partial charge in [0, 0.05) is 12.5 Å². The Bertz CT molecular complexity index is 936. The van der Waals surface area contributed by atoms with Gasteiger partial charge in [-0.25, -0.2) is 4.79 Å². The van der Waals surface area contributed by atoms with E-state index in [1.54, 1.807) is 0 Å². The third kappa shape index (κ3) is 7.43. The first-order chi connectivity index (χ1) is 15.8. The normalized spacial score (nSPS) is 15.0. The van der Waals surface area contributed by atoms with Crippen molar-refractivity contribution < 1.29 is 19.5 Å². The van der Waals surface area contributed by atoms with Crippen molar-refractivity contribution in [3.8, 4) is 0 Å². The Morgan fingerprint density at radius 1 is 0.909 bits per heavy atom. The highest BCUT2D eigenvalue weighted by molar-refractivity contribution is 5.91. The highest BCUT2D eigenvalue weighted by Crippen LogP contribution is 2.21. The second-order valence-corrected chi connectivity index (χ2v) is 9.09. The number of benzene rings is 2. The molecule has 7 nitrogen and oxygen atoms in total. The van der Waals surface area contributed by atoms with E-state index in [1.807, 2.05) is 56.3 Å². The molecule has 0 saturated heterocycles. The third-order valence-electron chi connectivity index (χ3n) is 5.86. The zero-order valence-corrected chi connectivity index (χ0v) is 19.2. The number of aliphatic carboxylic acids is 1. The van der Waals surface area contributed by atoms with Crippen LogP contribution in [0.2, 0.25) is 0 Å². The molecule has 0 bridgehead atoms. The van der Waals surface area contributed by atoms with E-state index in [-0.39, 0.29) is 30.8 Å². The van der Waals surface area contributed by atoms with E-state index < -0.39 is 24.0 Å². The summed E-state index contributed by atoms with van der Waals surface area (Å²) in [6.07, 6.45) is 2.33. The quantitative estimate of drug-likeness (QED) is 0.419. The Morgan fingerprint density at radius 3 is 2.09 bits per heavy atom. The Morgan fingerprint density at radius 2 is 1.52 bits per heavy atom. The number of hydrogen-bond acceptors (Lipinski definition) is 4. The molecule has 3 rings (SSSR count). The molecule has 0 saturated carbocycles. The van der Waals surface area contributed by atoms with Gasteiger partial charge in [-0.2, -0.15) is 0 Å². The van der Waals surface area contributed by atoms with Crippen LogP contribution in [-0.4, -0.2) is 47.6 Å². The number of carboxylic acid groups (broad SMARTS) is 1. The summed E-state index contributed by atoms with van der Waals surface area (Å²) in [6, 6.07) is 15.9. The van der Waals surface area contributed by atoms with Gasteiger partial charge in [0.1, 0.15) is 12.1 Å². The first-order valence-corrected chi connectivity index (χ1v) is 11.5. The van der Waals surface area contributed by atoms with E-state index in [0.29, 0.717) is 6.42 Å². The van der Waals surface area contributed by atoms with Crippen LogP contribution in [0.3, 0.4) is 0 Å². The van der Waals surface area contributed by atoms with Crippen molar-refractivity contribution in [1.29, 1.82) is 0 Å². The van der Waals surface area contributed by atoms with Crippen molar-refractivity contribution in [3.05, 3.63) is 71.3 Å². The van der Waals surface area contributed by atoms with Crippen LogP contribution in [0.25, 0.3) is 0 Å². The Kier molecular flexibility index (Phi) is 8.60. The highest BCUT2D eigenvalue weighted by Gasteiger charge is 2.28. The maximum absolute atomic E-state index is 13.0. The monoisotopic (exact) mass is 451 g/mol. The van der Waals surface area contributed by atoms with Gasteiger partial charge in [0.15, 0.2) is 0 Å². The summed E-state index contributed by atoms with van der Waals surface area (Å²) in [5.74, 6) is -1.76. The number of nitrogens with one attached hydrogen (secondary N) is 3. The fourth-order valence-corrected chi connectivity index (χ4v) is 4.21. The fourth-order valence-electron chi connectivity index (χ4n) is 4.21. The van der Waals surface area contributed by atoms with Crippen LogP contribution in [0.1, 0.15) is 37.0 Å². The van der Waals surface area contributed by atoms with E-state index in [4.69, 9.17) is 0 Å². The van der Waals surface area contributed by atoms with E-state index >= 15 is 0 Å². The maximum Gasteiger partial charge on any atom is 0.326 e. The zero-order chi connectivity index (χ0) is 23.8. The van der Waals surface area contributed by atoms with Crippen molar-refractivity contribution >= 4 is 17.8 Å². The number of fused-ring (bicyclic) bond motifs is 1. The number of hydrogen-bond donors (Lipinski definition) is 4. The molecule has 2 aromatic rings. The predicted octanol–water partition coefficient (Wildman–Crippen LogP) is 2.09. The van der Waals surface area contributed by atoms with Crippen molar-refractivity contribution in [3.63, 3.8) is 0 Å².